The van der Waals surface area contributed by atoms with Crippen molar-refractivity contribution in [3.63, 3.8) is 0 Å². The molecule has 0 aromatic heterocycles. The zero-order valence-corrected chi connectivity index (χ0v) is 17.6. The van der Waals surface area contributed by atoms with E-state index in [9.17, 15) is 8.78 Å². The lowest BCUT2D eigenvalue weighted by molar-refractivity contribution is 0.217. The molecule has 2 aromatic carbocycles. The molecule has 2 aromatic rings. The second-order valence-corrected chi connectivity index (χ2v) is 12.6. The molecular formula is C23H27ClF2Si. The fraction of sp³-hybridized carbons (Fsp3) is 0.478. The highest BCUT2D eigenvalue weighted by atomic mass is 35.6. The molecule has 1 saturated heterocycles. The molecule has 1 saturated carbocycles. The molecule has 27 heavy (non-hydrogen) atoms. The van der Waals surface area contributed by atoms with E-state index < -0.39 is 19.7 Å². The van der Waals surface area contributed by atoms with Crippen molar-refractivity contribution in [1.29, 1.82) is 0 Å². The van der Waals surface area contributed by atoms with Crippen LogP contribution in [0.25, 0.3) is 11.1 Å². The smallest absolute Gasteiger partial charge is 0.159 e. The summed E-state index contributed by atoms with van der Waals surface area (Å²) in [5.41, 5.74) is 3.05. The molecule has 0 radical (unpaired) electrons. The van der Waals surface area contributed by atoms with Gasteiger partial charge in [-0.05, 0) is 84.3 Å². The van der Waals surface area contributed by atoms with Crippen LogP contribution in [0.2, 0.25) is 12.1 Å². The van der Waals surface area contributed by atoms with E-state index in [4.69, 9.17) is 11.1 Å². The third-order valence-electron chi connectivity index (χ3n) is 6.77. The molecule has 0 bridgehead atoms. The van der Waals surface area contributed by atoms with Gasteiger partial charge in [0.1, 0.15) is 8.11 Å². The van der Waals surface area contributed by atoms with E-state index >= 15 is 0 Å². The summed E-state index contributed by atoms with van der Waals surface area (Å²) in [6, 6.07) is 15.2. The van der Waals surface area contributed by atoms with Crippen LogP contribution in [0.5, 0.6) is 0 Å². The summed E-state index contributed by atoms with van der Waals surface area (Å²) in [5, 5.41) is 0. The van der Waals surface area contributed by atoms with Gasteiger partial charge in [-0.25, -0.2) is 8.78 Å². The Kier molecular flexibility index (Phi) is 5.98. The molecule has 4 rings (SSSR count). The predicted molar refractivity (Wildman–Crippen MR) is 112 cm³/mol. The van der Waals surface area contributed by atoms with E-state index in [2.05, 4.69) is 12.1 Å². The van der Waals surface area contributed by atoms with Crippen molar-refractivity contribution < 1.29 is 8.78 Å². The zero-order valence-electron chi connectivity index (χ0n) is 15.6. The van der Waals surface area contributed by atoms with Gasteiger partial charge in [-0.2, -0.15) is 11.1 Å². The van der Waals surface area contributed by atoms with Crippen molar-refractivity contribution >= 4 is 19.2 Å². The molecule has 0 atom stereocenters. The van der Waals surface area contributed by atoms with Crippen LogP contribution < -0.4 is 0 Å². The van der Waals surface area contributed by atoms with Crippen LogP contribution in [0.4, 0.5) is 8.78 Å². The van der Waals surface area contributed by atoms with E-state index in [1.807, 2.05) is 12.1 Å². The molecule has 0 amide bonds. The third kappa shape index (κ3) is 4.46. The zero-order chi connectivity index (χ0) is 18.8. The summed E-state index contributed by atoms with van der Waals surface area (Å²) in [5.74, 6) is 0.874. The van der Waals surface area contributed by atoms with Crippen molar-refractivity contribution in [2.45, 2.75) is 56.5 Å². The highest BCUT2D eigenvalue weighted by molar-refractivity contribution is 7.07. The number of rotatable bonds is 3. The van der Waals surface area contributed by atoms with E-state index in [1.165, 1.54) is 68.3 Å². The molecule has 1 aliphatic carbocycles. The summed E-state index contributed by atoms with van der Waals surface area (Å²) < 4.78 is 26.6. The normalized spacial score (nSPS) is 28.9. The van der Waals surface area contributed by atoms with Gasteiger partial charge in [-0.3, -0.25) is 0 Å². The molecule has 1 aliphatic heterocycles. The highest BCUT2D eigenvalue weighted by Gasteiger charge is 2.31. The maximum absolute atomic E-state index is 13.5. The first kappa shape index (κ1) is 19.1. The maximum Gasteiger partial charge on any atom is 0.159 e. The second kappa shape index (κ2) is 8.44. The fourth-order valence-electron chi connectivity index (χ4n) is 5.10. The van der Waals surface area contributed by atoms with Gasteiger partial charge in [0.05, 0.1) is 0 Å². The Morgan fingerprint density at radius 1 is 0.704 bits per heavy atom. The van der Waals surface area contributed by atoms with E-state index in [0.29, 0.717) is 5.92 Å². The SMILES string of the molecule is Fc1ccc(-c2ccc(C3CCC(C4CC[SiH](Cl)CC4)CC3)cc2)cc1F. The quantitative estimate of drug-likeness (QED) is 0.372. The van der Waals surface area contributed by atoms with Gasteiger partial charge in [0.2, 0.25) is 0 Å². The Morgan fingerprint density at radius 2 is 1.30 bits per heavy atom. The Balaban J connectivity index is 1.36. The molecule has 4 heteroatoms. The average molecular weight is 405 g/mol. The van der Waals surface area contributed by atoms with Crippen LogP contribution in [-0.4, -0.2) is 8.11 Å². The topological polar surface area (TPSA) is 0 Å². The van der Waals surface area contributed by atoms with Gasteiger partial charge in [0.25, 0.3) is 0 Å². The minimum Gasteiger partial charge on any atom is -0.204 e. The van der Waals surface area contributed by atoms with E-state index in [-0.39, 0.29) is 0 Å². The lowest BCUT2D eigenvalue weighted by atomic mass is 9.72. The first-order valence-electron chi connectivity index (χ1n) is 10.3. The van der Waals surface area contributed by atoms with Gasteiger partial charge in [0.15, 0.2) is 11.6 Å². The van der Waals surface area contributed by atoms with Gasteiger partial charge in [-0.1, -0.05) is 43.2 Å². The molecule has 0 unspecified atom stereocenters. The molecule has 2 aliphatic rings. The Bertz CT molecular complexity index is 760. The third-order valence-corrected chi connectivity index (χ3v) is 10.0. The molecule has 1 heterocycles. The van der Waals surface area contributed by atoms with Crippen LogP contribution in [-0.2, 0) is 0 Å². The molecule has 0 spiro atoms. The maximum atomic E-state index is 13.5. The summed E-state index contributed by atoms with van der Waals surface area (Å²) in [6.07, 6.45) is 7.97. The summed E-state index contributed by atoms with van der Waals surface area (Å²) >= 11 is 6.40. The average Bonchev–Trinajstić information content (AvgIpc) is 2.71. The molecule has 2 fully saturated rings. The summed E-state index contributed by atoms with van der Waals surface area (Å²) in [6.45, 7) is 0. The summed E-state index contributed by atoms with van der Waals surface area (Å²) in [4.78, 5) is 0. The Hall–Kier alpha value is -1.19. The predicted octanol–water partition coefficient (Wildman–Crippen LogP) is 7.28. The molecule has 144 valence electrons. The number of halogens is 3. The Morgan fingerprint density at radius 3 is 1.93 bits per heavy atom. The van der Waals surface area contributed by atoms with Crippen LogP contribution >= 0.6 is 11.1 Å². The van der Waals surface area contributed by atoms with Gasteiger partial charge >= 0.3 is 0 Å². The second-order valence-electron chi connectivity index (χ2n) is 8.37. The minimum absolute atomic E-state index is 0.638. The number of hydrogen-bond donors (Lipinski definition) is 0. The van der Waals surface area contributed by atoms with Gasteiger partial charge < -0.3 is 0 Å². The fourth-order valence-corrected chi connectivity index (χ4v) is 7.72. The number of hydrogen-bond acceptors (Lipinski definition) is 0. The lowest BCUT2D eigenvalue weighted by Crippen LogP contribution is -2.26. The largest absolute Gasteiger partial charge is 0.204 e. The van der Waals surface area contributed by atoms with Crippen molar-refractivity contribution in [2.75, 3.05) is 0 Å². The standard InChI is InChI=1S/C23H27ClF2Si/c24-27-13-11-20(12-14-27)18-3-1-16(2-4-18)17-5-7-19(8-6-17)21-9-10-22(25)23(26)15-21/h5-10,15-16,18,20,27H,1-4,11-14H2. The molecule has 0 N–H and O–H groups in total. The van der Waals surface area contributed by atoms with Crippen molar-refractivity contribution in [1.82, 2.24) is 0 Å². The molecule has 0 nitrogen and oxygen atoms in total. The van der Waals surface area contributed by atoms with Gasteiger partial charge in [0, 0.05) is 0 Å². The monoisotopic (exact) mass is 404 g/mol. The molecular weight excluding hydrogens is 378 g/mol. The minimum atomic E-state index is -0.858. The summed E-state index contributed by atoms with van der Waals surface area (Å²) in [7, 11) is -0.858. The van der Waals surface area contributed by atoms with E-state index in [0.717, 1.165) is 23.0 Å². The highest BCUT2D eigenvalue weighted by Crippen LogP contribution is 2.43. The first-order valence-corrected chi connectivity index (χ1v) is 13.7. The van der Waals surface area contributed by atoms with E-state index in [1.54, 1.807) is 6.07 Å². The number of benzene rings is 2. The first-order chi connectivity index (χ1) is 13.1. The van der Waals surface area contributed by atoms with Crippen LogP contribution in [0.3, 0.4) is 0 Å². The van der Waals surface area contributed by atoms with Crippen LogP contribution in [0.15, 0.2) is 42.5 Å². The van der Waals surface area contributed by atoms with Crippen LogP contribution in [0.1, 0.15) is 50.0 Å². The Labute approximate surface area is 167 Å². The van der Waals surface area contributed by atoms with Crippen molar-refractivity contribution in [2.24, 2.45) is 11.8 Å². The van der Waals surface area contributed by atoms with Gasteiger partial charge in [-0.15, -0.1) is 0 Å². The van der Waals surface area contributed by atoms with Crippen LogP contribution in [0, 0.1) is 23.5 Å². The lowest BCUT2D eigenvalue weighted by Gasteiger charge is -2.36. The van der Waals surface area contributed by atoms with Crippen molar-refractivity contribution in [3.05, 3.63) is 59.7 Å². The van der Waals surface area contributed by atoms with Crippen molar-refractivity contribution in [3.8, 4) is 11.1 Å².